The predicted molar refractivity (Wildman–Crippen MR) is 121 cm³/mol. The topological polar surface area (TPSA) is 44.9 Å². The summed E-state index contributed by atoms with van der Waals surface area (Å²) >= 11 is 0. The number of hydrogen-bond donors (Lipinski definition) is 1. The number of halogens is 1. The van der Waals surface area contributed by atoms with Gasteiger partial charge in [-0.25, -0.2) is 0 Å². The van der Waals surface area contributed by atoms with Crippen LogP contribution in [0.25, 0.3) is 0 Å². The third-order valence-electron chi connectivity index (χ3n) is 5.68. The van der Waals surface area contributed by atoms with E-state index in [1.807, 2.05) is 0 Å². The third-order valence-corrected chi connectivity index (χ3v) is 5.68. The molecular weight excluding hydrogens is 435 g/mol. The second-order valence-corrected chi connectivity index (χ2v) is 7.81. The molecule has 0 atom stereocenters. The van der Waals surface area contributed by atoms with E-state index in [4.69, 9.17) is 10.7 Å². The first-order valence-electron chi connectivity index (χ1n) is 10.0. The number of benzene rings is 1. The molecule has 146 valence electrons. The van der Waals surface area contributed by atoms with Crippen molar-refractivity contribution in [1.29, 1.82) is 0 Å². The number of aryl methyl sites for hydroxylation is 1. The summed E-state index contributed by atoms with van der Waals surface area (Å²) < 4.78 is 0. The van der Waals surface area contributed by atoms with Crippen LogP contribution in [0.4, 0.5) is 0 Å². The lowest BCUT2D eigenvalue weighted by atomic mass is 9.96. The van der Waals surface area contributed by atoms with E-state index in [1.165, 1.54) is 62.7 Å². The monoisotopic (exact) mass is 470 g/mol. The Hall–Kier alpha value is -0.820. The maximum absolute atomic E-state index is 6.24. The van der Waals surface area contributed by atoms with Gasteiger partial charge in [-0.15, -0.1) is 24.0 Å². The average Bonchev–Trinajstić information content (AvgIpc) is 2.92. The molecule has 3 rings (SSSR count). The van der Waals surface area contributed by atoms with Gasteiger partial charge < -0.3 is 10.6 Å². The Balaban J connectivity index is 0.00000243. The van der Waals surface area contributed by atoms with E-state index in [0.717, 1.165) is 32.1 Å². The highest BCUT2D eigenvalue weighted by Crippen LogP contribution is 2.20. The van der Waals surface area contributed by atoms with Crippen LogP contribution in [0.3, 0.4) is 0 Å². The third kappa shape index (κ3) is 6.72. The largest absolute Gasteiger partial charge is 0.370 e. The van der Waals surface area contributed by atoms with Crippen molar-refractivity contribution in [3.05, 3.63) is 35.4 Å². The van der Waals surface area contributed by atoms with E-state index < -0.39 is 0 Å². The quantitative estimate of drug-likeness (QED) is 0.411. The number of aliphatic imine (C=N–C) groups is 1. The summed E-state index contributed by atoms with van der Waals surface area (Å²) in [6.07, 6.45) is 7.67. The molecule has 2 fully saturated rings. The van der Waals surface area contributed by atoms with Crippen molar-refractivity contribution in [3.63, 3.8) is 0 Å². The molecular formula is C21H35IN4. The Labute approximate surface area is 176 Å². The number of piperidine rings is 1. The first kappa shape index (κ1) is 21.5. The Morgan fingerprint density at radius 1 is 1.00 bits per heavy atom. The molecule has 2 N–H and O–H groups in total. The lowest BCUT2D eigenvalue weighted by Gasteiger charge is -2.31. The van der Waals surface area contributed by atoms with E-state index in [2.05, 4.69) is 41.0 Å². The average molecular weight is 470 g/mol. The van der Waals surface area contributed by atoms with Crippen LogP contribution in [0.2, 0.25) is 0 Å². The lowest BCUT2D eigenvalue weighted by molar-refractivity contribution is 0.180. The highest BCUT2D eigenvalue weighted by atomic mass is 127. The van der Waals surface area contributed by atoms with Gasteiger partial charge in [-0.1, -0.05) is 42.7 Å². The minimum Gasteiger partial charge on any atom is -0.370 e. The molecule has 0 aromatic heterocycles. The molecule has 1 aromatic carbocycles. The molecule has 2 heterocycles. The molecule has 0 unspecified atom stereocenters. The molecule has 0 saturated carbocycles. The summed E-state index contributed by atoms with van der Waals surface area (Å²) in [6, 6.07) is 8.94. The fourth-order valence-electron chi connectivity index (χ4n) is 3.90. The molecule has 2 aliphatic heterocycles. The second-order valence-electron chi connectivity index (χ2n) is 7.81. The SMILES string of the molecule is Cc1ccc(CN2CCC(CN=C(N)N3CCCCCC3)CC2)cc1.I. The minimum atomic E-state index is 0. The van der Waals surface area contributed by atoms with Crippen LogP contribution in [-0.2, 0) is 6.54 Å². The van der Waals surface area contributed by atoms with Crippen LogP contribution in [0, 0.1) is 12.8 Å². The highest BCUT2D eigenvalue weighted by Gasteiger charge is 2.19. The van der Waals surface area contributed by atoms with Gasteiger partial charge in [0.25, 0.3) is 0 Å². The molecule has 0 amide bonds. The molecule has 26 heavy (non-hydrogen) atoms. The van der Waals surface area contributed by atoms with E-state index >= 15 is 0 Å². The van der Waals surface area contributed by atoms with Gasteiger partial charge in [0.15, 0.2) is 5.96 Å². The maximum Gasteiger partial charge on any atom is 0.191 e. The Bertz CT molecular complexity index is 542. The number of guanidine groups is 1. The van der Waals surface area contributed by atoms with Gasteiger partial charge in [0.05, 0.1) is 0 Å². The van der Waals surface area contributed by atoms with Gasteiger partial charge in [-0.3, -0.25) is 9.89 Å². The number of likely N-dealkylation sites (tertiary alicyclic amines) is 2. The normalized spacial score (nSPS) is 20.5. The molecule has 1 aromatic rings. The van der Waals surface area contributed by atoms with Crippen molar-refractivity contribution in [2.24, 2.45) is 16.6 Å². The van der Waals surface area contributed by atoms with Crippen LogP contribution in [0.5, 0.6) is 0 Å². The Kier molecular flexibility index (Phi) is 9.19. The highest BCUT2D eigenvalue weighted by molar-refractivity contribution is 14.0. The smallest absolute Gasteiger partial charge is 0.191 e. The van der Waals surface area contributed by atoms with Gasteiger partial charge in [0.1, 0.15) is 0 Å². The summed E-state index contributed by atoms with van der Waals surface area (Å²) in [6.45, 7) is 8.66. The zero-order valence-electron chi connectivity index (χ0n) is 16.2. The van der Waals surface area contributed by atoms with Crippen LogP contribution >= 0.6 is 24.0 Å². The van der Waals surface area contributed by atoms with Gasteiger partial charge in [-0.2, -0.15) is 0 Å². The fourth-order valence-corrected chi connectivity index (χ4v) is 3.90. The van der Waals surface area contributed by atoms with Crippen LogP contribution < -0.4 is 5.73 Å². The number of rotatable bonds is 4. The standard InChI is InChI=1S/C21H34N4.HI/c1-18-6-8-20(9-7-18)17-24-14-10-19(11-15-24)16-23-21(22)25-12-4-2-3-5-13-25;/h6-9,19H,2-5,10-17H2,1H3,(H2,22,23);1H. The molecule has 4 nitrogen and oxygen atoms in total. The molecule has 2 aliphatic rings. The van der Waals surface area contributed by atoms with E-state index in [1.54, 1.807) is 0 Å². The minimum absolute atomic E-state index is 0. The molecule has 0 spiro atoms. The van der Waals surface area contributed by atoms with Gasteiger partial charge in [0, 0.05) is 26.2 Å². The Morgan fingerprint density at radius 2 is 1.62 bits per heavy atom. The second kappa shape index (κ2) is 11.1. The van der Waals surface area contributed by atoms with Gasteiger partial charge >= 0.3 is 0 Å². The van der Waals surface area contributed by atoms with Crippen molar-refractivity contribution in [2.75, 3.05) is 32.7 Å². The van der Waals surface area contributed by atoms with Gasteiger partial charge in [-0.05, 0) is 57.2 Å². The van der Waals surface area contributed by atoms with E-state index in [9.17, 15) is 0 Å². The fraction of sp³-hybridized carbons (Fsp3) is 0.667. The van der Waals surface area contributed by atoms with Crippen LogP contribution in [-0.4, -0.2) is 48.5 Å². The van der Waals surface area contributed by atoms with Crippen molar-refractivity contribution < 1.29 is 0 Å². The summed E-state index contributed by atoms with van der Waals surface area (Å²) in [7, 11) is 0. The molecule has 2 saturated heterocycles. The first-order chi connectivity index (χ1) is 12.2. The predicted octanol–water partition coefficient (Wildman–Crippen LogP) is 4.02. The number of nitrogens with zero attached hydrogens (tertiary/aromatic N) is 3. The molecule has 0 bridgehead atoms. The molecule has 0 radical (unpaired) electrons. The van der Waals surface area contributed by atoms with Crippen LogP contribution in [0.15, 0.2) is 29.3 Å². The zero-order chi connectivity index (χ0) is 17.5. The van der Waals surface area contributed by atoms with Crippen molar-refractivity contribution in [3.8, 4) is 0 Å². The Morgan fingerprint density at radius 3 is 2.23 bits per heavy atom. The first-order valence-corrected chi connectivity index (χ1v) is 10.0. The van der Waals surface area contributed by atoms with Crippen LogP contribution in [0.1, 0.15) is 49.7 Å². The summed E-state index contributed by atoms with van der Waals surface area (Å²) in [5, 5.41) is 0. The maximum atomic E-state index is 6.24. The lowest BCUT2D eigenvalue weighted by Crippen LogP contribution is -2.39. The van der Waals surface area contributed by atoms with E-state index in [-0.39, 0.29) is 24.0 Å². The zero-order valence-corrected chi connectivity index (χ0v) is 18.5. The van der Waals surface area contributed by atoms with Gasteiger partial charge in [0.2, 0.25) is 0 Å². The summed E-state index contributed by atoms with van der Waals surface area (Å²) in [5.41, 5.74) is 9.00. The van der Waals surface area contributed by atoms with E-state index in [0.29, 0.717) is 5.92 Å². The number of hydrogen-bond acceptors (Lipinski definition) is 2. The van der Waals surface area contributed by atoms with Crippen molar-refractivity contribution >= 4 is 29.9 Å². The summed E-state index contributed by atoms with van der Waals surface area (Å²) in [4.78, 5) is 9.60. The molecule has 5 heteroatoms. The molecule has 0 aliphatic carbocycles. The number of nitrogens with two attached hydrogens (primary N) is 1. The van der Waals surface area contributed by atoms with Crippen molar-refractivity contribution in [2.45, 2.75) is 52.0 Å². The van der Waals surface area contributed by atoms with Crippen molar-refractivity contribution in [1.82, 2.24) is 9.80 Å². The summed E-state index contributed by atoms with van der Waals surface area (Å²) in [5.74, 6) is 1.48.